The number of aliphatic hydroxyl groups is 1. The SMILES string of the molecule is CCCN(CCO)C(=O)NCc1cccc(N(C)C)n1. The van der Waals surface area contributed by atoms with Gasteiger partial charge in [0.1, 0.15) is 5.82 Å². The number of nitrogens with one attached hydrogen (secondary N) is 1. The number of amides is 2. The van der Waals surface area contributed by atoms with Gasteiger partial charge >= 0.3 is 6.03 Å². The van der Waals surface area contributed by atoms with E-state index in [0.717, 1.165) is 17.9 Å². The van der Waals surface area contributed by atoms with Crippen molar-refractivity contribution < 1.29 is 9.90 Å². The molecule has 1 aromatic rings. The molecule has 1 heterocycles. The molecule has 1 rings (SSSR count). The Morgan fingerprint density at radius 3 is 2.70 bits per heavy atom. The Morgan fingerprint density at radius 1 is 1.35 bits per heavy atom. The van der Waals surface area contributed by atoms with E-state index in [1.165, 1.54) is 0 Å². The fourth-order valence-corrected chi connectivity index (χ4v) is 1.80. The maximum absolute atomic E-state index is 12.0. The molecule has 0 saturated carbocycles. The first-order valence-electron chi connectivity index (χ1n) is 6.85. The number of pyridine rings is 1. The number of carbonyl (C=O) groups is 1. The minimum absolute atomic E-state index is 0.0260. The van der Waals surface area contributed by atoms with Crippen molar-refractivity contribution in [3.8, 4) is 0 Å². The van der Waals surface area contributed by atoms with Crippen LogP contribution in [0.25, 0.3) is 0 Å². The summed E-state index contributed by atoms with van der Waals surface area (Å²) in [5.74, 6) is 0.859. The Morgan fingerprint density at radius 2 is 2.10 bits per heavy atom. The average Bonchev–Trinajstić information content (AvgIpc) is 2.45. The summed E-state index contributed by atoms with van der Waals surface area (Å²) in [5.41, 5.74) is 0.810. The number of urea groups is 1. The second-order valence-electron chi connectivity index (χ2n) is 4.75. The molecule has 20 heavy (non-hydrogen) atoms. The summed E-state index contributed by atoms with van der Waals surface area (Å²) in [6, 6.07) is 5.55. The first-order valence-corrected chi connectivity index (χ1v) is 6.85. The van der Waals surface area contributed by atoms with Gasteiger partial charge < -0.3 is 20.2 Å². The molecule has 0 aliphatic heterocycles. The summed E-state index contributed by atoms with van der Waals surface area (Å²) < 4.78 is 0. The van der Waals surface area contributed by atoms with E-state index >= 15 is 0 Å². The molecule has 0 aromatic carbocycles. The Hall–Kier alpha value is -1.82. The molecule has 0 unspecified atom stereocenters. The first kappa shape index (κ1) is 16.2. The largest absolute Gasteiger partial charge is 0.395 e. The zero-order valence-corrected chi connectivity index (χ0v) is 12.5. The fraction of sp³-hybridized carbons (Fsp3) is 0.571. The number of hydrogen-bond acceptors (Lipinski definition) is 4. The van der Waals surface area contributed by atoms with Crippen molar-refractivity contribution in [2.45, 2.75) is 19.9 Å². The van der Waals surface area contributed by atoms with Crippen molar-refractivity contribution in [1.29, 1.82) is 0 Å². The van der Waals surface area contributed by atoms with Crippen LogP contribution in [0.3, 0.4) is 0 Å². The van der Waals surface area contributed by atoms with E-state index in [1.54, 1.807) is 4.90 Å². The zero-order valence-electron chi connectivity index (χ0n) is 12.5. The van der Waals surface area contributed by atoms with E-state index in [2.05, 4.69) is 10.3 Å². The van der Waals surface area contributed by atoms with Crippen LogP contribution in [0.15, 0.2) is 18.2 Å². The second kappa shape index (κ2) is 8.37. The molecular weight excluding hydrogens is 256 g/mol. The third-order valence-electron chi connectivity index (χ3n) is 2.82. The van der Waals surface area contributed by atoms with Crippen LogP contribution in [0.2, 0.25) is 0 Å². The van der Waals surface area contributed by atoms with E-state index < -0.39 is 0 Å². The number of anilines is 1. The second-order valence-corrected chi connectivity index (χ2v) is 4.75. The molecule has 0 saturated heterocycles. The van der Waals surface area contributed by atoms with Gasteiger partial charge in [-0.1, -0.05) is 13.0 Å². The Kier molecular flexibility index (Phi) is 6.79. The molecule has 112 valence electrons. The van der Waals surface area contributed by atoms with Gasteiger partial charge in [-0.2, -0.15) is 0 Å². The van der Waals surface area contributed by atoms with Crippen molar-refractivity contribution >= 4 is 11.8 Å². The Labute approximate surface area is 120 Å². The zero-order chi connectivity index (χ0) is 15.0. The van der Waals surface area contributed by atoms with E-state index in [-0.39, 0.29) is 12.6 Å². The van der Waals surface area contributed by atoms with Crippen LogP contribution in [0, 0.1) is 0 Å². The van der Waals surface area contributed by atoms with Crippen molar-refractivity contribution in [2.75, 3.05) is 38.7 Å². The van der Waals surface area contributed by atoms with Gasteiger partial charge in [0.2, 0.25) is 0 Å². The van der Waals surface area contributed by atoms with Crippen molar-refractivity contribution in [2.24, 2.45) is 0 Å². The minimum atomic E-state index is -0.169. The quantitative estimate of drug-likeness (QED) is 0.783. The molecule has 0 fully saturated rings. The summed E-state index contributed by atoms with van der Waals surface area (Å²) in [5, 5.41) is 11.8. The lowest BCUT2D eigenvalue weighted by Gasteiger charge is -2.21. The van der Waals surface area contributed by atoms with Crippen LogP contribution in [0.1, 0.15) is 19.0 Å². The highest BCUT2D eigenvalue weighted by molar-refractivity contribution is 5.74. The minimum Gasteiger partial charge on any atom is -0.395 e. The van der Waals surface area contributed by atoms with Crippen molar-refractivity contribution in [3.05, 3.63) is 23.9 Å². The van der Waals surface area contributed by atoms with Crippen LogP contribution in [-0.4, -0.2) is 54.8 Å². The summed E-state index contributed by atoms with van der Waals surface area (Å²) in [6.45, 7) is 3.34. The summed E-state index contributed by atoms with van der Waals surface area (Å²) >= 11 is 0. The highest BCUT2D eigenvalue weighted by Crippen LogP contribution is 2.07. The number of hydrogen-bond donors (Lipinski definition) is 2. The summed E-state index contributed by atoms with van der Waals surface area (Å²) in [6.07, 6.45) is 0.863. The van der Waals surface area contributed by atoms with Crippen LogP contribution < -0.4 is 10.2 Å². The number of nitrogens with zero attached hydrogens (tertiary/aromatic N) is 3. The van der Waals surface area contributed by atoms with Gasteiger partial charge in [-0.3, -0.25) is 0 Å². The van der Waals surface area contributed by atoms with Gasteiger partial charge in [-0.15, -0.1) is 0 Å². The molecule has 0 atom stereocenters. The number of aliphatic hydroxyl groups excluding tert-OH is 1. The lowest BCUT2D eigenvalue weighted by Crippen LogP contribution is -2.41. The van der Waals surface area contributed by atoms with Crippen molar-refractivity contribution in [3.63, 3.8) is 0 Å². The van der Waals surface area contributed by atoms with E-state index in [0.29, 0.717) is 19.6 Å². The van der Waals surface area contributed by atoms with E-state index in [9.17, 15) is 4.79 Å². The van der Waals surface area contributed by atoms with Crippen LogP contribution >= 0.6 is 0 Å². The molecule has 1 aromatic heterocycles. The lowest BCUT2D eigenvalue weighted by atomic mass is 10.3. The normalized spacial score (nSPS) is 10.2. The summed E-state index contributed by atoms with van der Waals surface area (Å²) in [4.78, 5) is 19.9. The summed E-state index contributed by atoms with van der Waals surface area (Å²) in [7, 11) is 3.85. The molecule has 0 aliphatic carbocycles. The van der Waals surface area contributed by atoms with Gasteiger partial charge in [0.15, 0.2) is 0 Å². The molecule has 0 aliphatic rings. The highest BCUT2D eigenvalue weighted by atomic mass is 16.3. The van der Waals surface area contributed by atoms with E-state index in [1.807, 2.05) is 44.1 Å². The molecule has 2 amide bonds. The number of aromatic nitrogens is 1. The number of carbonyl (C=O) groups excluding carboxylic acids is 1. The van der Waals surface area contributed by atoms with Crippen LogP contribution in [-0.2, 0) is 6.54 Å². The maximum Gasteiger partial charge on any atom is 0.317 e. The average molecular weight is 280 g/mol. The molecule has 6 heteroatoms. The topological polar surface area (TPSA) is 68.7 Å². The third kappa shape index (κ3) is 5.05. The molecular formula is C14H24N4O2. The van der Waals surface area contributed by atoms with Crippen molar-refractivity contribution in [1.82, 2.24) is 15.2 Å². The molecule has 0 spiro atoms. The van der Waals surface area contributed by atoms with Gasteiger partial charge in [-0.05, 0) is 18.6 Å². The number of rotatable bonds is 7. The first-order chi connectivity index (χ1) is 9.58. The fourth-order valence-electron chi connectivity index (χ4n) is 1.80. The predicted octanol–water partition coefficient (Wildman–Crippen LogP) is 1.06. The molecule has 0 bridgehead atoms. The van der Waals surface area contributed by atoms with Gasteiger partial charge in [-0.25, -0.2) is 9.78 Å². The monoisotopic (exact) mass is 280 g/mol. The third-order valence-corrected chi connectivity index (χ3v) is 2.82. The predicted molar refractivity (Wildman–Crippen MR) is 79.7 cm³/mol. The Balaban J connectivity index is 2.57. The van der Waals surface area contributed by atoms with Gasteiger partial charge in [0.25, 0.3) is 0 Å². The van der Waals surface area contributed by atoms with Crippen LogP contribution in [0.5, 0.6) is 0 Å². The lowest BCUT2D eigenvalue weighted by molar-refractivity contribution is 0.177. The Bertz CT molecular complexity index is 417. The van der Waals surface area contributed by atoms with Gasteiger partial charge in [0.05, 0.1) is 18.8 Å². The molecule has 6 nitrogen and oxygen atoms in total. The molecule has 0 radical (unpaired) electrons. The standard InChI is InChI=1S/C14H24N4O2/c1-4-8-18(9-10-19)14(20)15-11-12-6-5-7-13(16-12)17(2)3/h5-7,19H,4,8-11H2,1-3H3,(H,15,20). The van der Waals surface area contributed by atoms with Crippen LogP contribution in [0.4, 0.5) is 10.6 Å². The van der Waals surface area contributed by atoms with Gasteiger partial charge in [0, 0.05) is 27.2 Å². The van der Waals surface area contributed by atoms with E-state index in [4.69, 9.17) is 5.11 Å². The smallest absolute Gasteiger partial charge is 0.317 e. The molecule has 2 N–H and O–H groups in total. The maximum atomic E-state index is 12.0. The highest BCUT2D eigenvalue weighted by Gasteiger charge is 2.11.